The maximum Gasteiger partial charge on any atom is 0.163 e. The van der Waals surface area contributed by atoms with Gasteiger partial charge in [-0.25, -0.2) is 15.0 Å². The number of fused-ring (bicyclic) bond motifs is 2. The Bertz CT molecular complexity index is 5480. The van der Waals surface area contributed by atoms with Crippen molar-refractivity contribution in [1.82, 2.24) is 44.9 Å². The SMILES string of the molecule is CC(=O)C=C(C)O.CC(=O)C=C(C)O.Cc1cc(-c2ccccn2)[c-]c2ccccc12.Cc1cc2ccccc2[c-]c1-c1ccccn1.Cc1ccc(-c2nc(-c3c[c-]c(-c4ccccn4)cc3)nc(-c3ccc(C)cc3)n2)cc1.[Ir].[Ir].[Ir].[Ir].[c-]1ccccc1-c1cc(-c2ccccn2)ccn1.[c-]1ccccc1-c1ccccn1. The standard InChI is InChI=1S/C28H21N4.C16H11N2.2C16H12N.C11H8N.2C5H8O2.4Ir/c1-19-6-10-22(11-7-19)26-30-27(23-12-8-20(2)9-13-23)32-28(31-26)24-16-14-21(15-17-24)25-5-3-4-18-29-25;1-2-6-13(7-3-1)16-12-14(9-11-18-16)15-8-4-5-10-17-15;1-12-10-14(16-8-4-5-9-17-16)11-13-6-2-3-7-15(12)13;1-12-10-13-6-2-3-7-14(13)11-15(12)16-8-4-5-9-17-16;1-2-6-10(7-3-1)11-8-4-5-9-12-11;2*1-4(6)3-5(2)7;;;;/h3-14,16-18H,1-2H3;1-6,8-12H;2*2-10H,1H3;1-6,8-9H;2*3,6H,1-2H3;;;;/q5*-1;;;;;;. The second-order valence-electron chi connectivity index (χ2n) is 25.2. The molecule has 578 valence electrons. The van der Waals surface area contributed by atoms with Crippen molar-refractivity contribution in [2.24, 2.45) is 0 Å². The number of carbonyl (C=O) groups is 2. The van der Waals surface area contributed by atoms with Crippen molar-refractivity contribution in [3.8, 4) is 102 Å². The van der Waals surface area contributed by atoms with E-state index in [9.17, 15) is 9.59 Å². The molecule has 0 bridgehead atoms. The van der Waals surface area contributed by atoms with Gasteiger partial charge in [-0.15, -0.1) is 160 Å². The van der Waals surface area contributed by atoms with Gasteiger partial charge >= 0.3 is 0 Å². The number of aryl methyl sites for hydroxylation is 4. The second-order valence-corrected chi connectivity index (χ2v) is 25.2. The summed E-state index contributed by atoms with van der Waals surface area (Å²) in [6.07, 6.45) is 13.1. The Morgan fingerprint density at radius 1 is 0.325 bits per heavy atom. The van der Waals surface area contributed by atoms with Crippen LogP contribution in [0.3, 0.4) is 0 Å². The number of nitrogens with zero attached hydrogens (tertiary/aromatic N) is 9. The molecule has 114 heavy (non-hydrogen) atoms. The van der Waals surface area contributed by atoms with E-state index in [0.717, 1.165) is 95.0 Å². The number of aromatic nitrogens is 9. The normalized spacial score (nSPS) is 10.2. The fourth-order valence-electron chi connectivity index (χ4n) is 11.0. The number of hydrogen-bond acceptors (Lipinski definition) is 13. The third kappa shape index (κ3) is 28.6. The molecule has 16 aromatic rings. The Labute approximate surface area is 721 Å². The van der Waals surface area contributed by atoms with Crippen molar-refractivity contribution in [3.63, 3.8) is 0 Å². The van der Waals surface area contributed by atoms with Crippen LogP contribution in [-0.2, 0) is 90.0 Å². The molecule has 13 nitrogen and oxygen atoms in total. The van der Waals surface area contributed by atoms with Gasteiger partial charge in [-0.2, -0.15) is 0 Å². The Kier molecular flexibility index (Phi) is 38.2. The molecule has 0 aliphatic rings. The molecule has 7 heterocycles. The minimum Gasteiger partial charge on any atom is -0.512 e. The summed E-state index contributed by atoms with van der Waals surface area (Å²) in [4.78, 5) is 60.5. The molecule has 9 aromatic carbocycles. The van der Waals surface area contributed by atoms with Crippen LogP contribution >= 0.6 is 0 Å². The number of aliphatic hydroxyl groups excluding tert-OH is 2. The minimum atomic E-state index is -0.125. The van der Waals surface area contributed by atoms with Crippen molar-refractivity contribution in [2.75, 3.05) is 0 Å². The summed E-state index contributed by atoms with van der Waals surface area (Å²) in [6.45, 7) is 14.1. The molecule has 0 aliphatic carbocycles. The molecule has 0 saturated carbocycles. The average Bonchev–Trinajstić information content (AvgIpc) is 0.801. The fraction of sp³-hybridized carbons (Fsp3) is 0.0825. The number of ketones is 2. The van der Waals surface area contributed by atoms with Crippen LogP contribution in [0.1, 0.15) is 49.9 Å². The zero-order valence-electron chi connectivity index (χ0n) is 63.7. The number of carbonyl (C=O) groups excluding carboxylic acids is 2. The number of pyridine rings is 6. The molecule has 0 atom stereocenters. The van der Waals surface area contributed by atoms with E-state index in [0.29, 0.717) is 17.5 Å². The molecule has 2 N–H and O–H groups in total. The van der Waals surface area contributed by atoms with Crippen LogP contribution in [0.5, 0.6) is 0 Å². The first-order chi connectivity index (χ1) is 53.5. The molecule has 16 rings (SSSR count). The van der Waals surface area contributed by atoms with Gasteiger partial charge < -0.3 is 25.2 Å². The molecular weight excluding hydrogens is 2120 g/mol. The van der Waals surface area contributed by atoms with Crippen molar-refractivity contribution in [3.05, 3.63) is 392 Å². The number of hydrogen-bond donors (Lipinski definition) is 2. The minimum absolute atomic E-state index is 0. The largest absolute Gasteiger partial charge is 0.512 e. The molecule has 0 fully saturated rings. The van der Waals surface area contributed by atoms with Gasteiger partial charge in [-0.3, -0.25) is 24.5 Å². The second kappa shape index (κ2) is 47.7. The third-order valence-corrected chi connectivity index (χ3v) is 16.3. The van der Waals surface area contributed by atoms with Crippen LogP contribution in [0, 0.1) is 58.0 Å². The van der Waals surface area contributed by atoms with E-state index in [1.54, 1.807) is 24.8 Å². The first kappa shape index (κ1) is 91.3. The average molecular weight is 2200 g/mol. The Balaban J connectivity index is 0.000000217. The molecule has 0 spiro atoms. The van der Waals surface area contributed by atoms with Crippen LogP contribution in [0.4, 0.5) is 0 Å². The molecule has 0 aliphatic heterocycles. The maximum atomic E-state index is 10.0. The summed E-state index contributed by atoms with van der Waals surface area (Å²) in [6, 6.07) is 109. The summed E-state index contributed by atoms with van der Waals surface area (Å²) in [5.41, 5.74) is 19.5. The molecular formula is C97H80Ir4N9O4-5. The van der Waals surface area contributed by atoms with Crippen LogP contribution in [0.25, 0.3) is 123 Å². The van der Waals surface area contributed by atoms with E-state index in [1.807, 2.05) is 219 Å². The molecule has 0 amide bonds. The van der Waals surface area contributed by atoms with Gasteiger partial charge in [0.25, 0.3) is 0 Å². The van der Waals surface area contributed by atoms with E-state index in [4.69, 9.17) is 25.2 Å². The van der Waals surface area contributed by atoms with Gasteiger partial charge in [0.15, 0.2) is 23.2 Å². The molecule has 4 radical (unpaired) electrons. The van der Waals surface area contributed by atoms with Gasteiger partial charge in [0.2, 0.25) is 0 Å². The van der Waals surface area contributed by atoms with Gasteiger partial charge in [0, 0.05) is 152 Å². The number of allylic oxidation sites excluding steroid dienone is 4. The Hall–Kier alpha value is -11.6. The quantitative estimate of drug-likeness (QED) is 0.0707. The number of rotatable bonds is 11. The Morgan fingerprint density at radius 2 is 0.728 bits per heavy atom. The monoisotopic (exact) mass is 2210 g/mol. The number of benzene rings is 9. The van der Waals surface area contributed by atoms with Crippen molar-refractivity contribution in [1.29, 1.82) is 0 Å². The van der Waals surface area contributed by atoms with E-state index in [2.05, 4.69) is 161 Å². The summed E-state index contributed by atoms with van der Waals surface area (Å²) >= 11 is 0. The first-order valence-corrected chi connectivity index (χ1v) is 35.5. The smallest absolute Gasteiger partial charge is 0.163 e. The van der Waals surface area contributed by atoms with Crippen LogP contribution in [-0.4, -0.2) is 66.6 Å². The summed E-state index contributed by atoms with van der Waals surface area (Å²) < 4.78 is 0. The predicted molar refractivity (Wildman–Crippen MR) is 444 cm³/mol. The van der Waals surface area contributed by atoms with Crippen molar-refractivity contribution >= 4 is 33.1 Å². The summed E-state index contributed by atoms with van der Waals surface area (Å²) in [7, 11) is 0. The van der Waals surface area contributed by atoms with E-state index < -0.39 is 0 Å². The van der Waals surface area contributed by atoms with Crippen LogP contribution in [0.15, 0.2) is 340 Å². The topological polar surface area (TPSA) is 191 Å². The van der Waals surface area contributed by atoms with E-state index in [1.165, 1.54) is 72.9 Å². The number of aliphatic hydroxyl groups is 2. The van der Waals surface area contributed by atoms with E-state index >= 15 is 0 Å². The third-order valence-electron chi connectivity index (χ3n) is 16.3. The zero-order valence-corrected chi connectivity index (χ0v) is 73.3. The zero-order chi connectivity index (χ0) is 77.4. The maximum absolute atomic E-state index is 10.0. The van der Waals surface area contributed by atoms with Crippen LogP contribution in [0.2, 0.25) is 0 Å². The molecule has 7 aromatic heterocycles. The first-order valence-electron chi connectivity index (χ1n) is 35.5. The fourth-order valence-corrected chi connectivity index (χ4v) is 11.0. The Morgan fingerprint density at radius 3 is 1.17 bits per heavy atom. The van der Waals surface area contributed by atoms with Gasteiger partial charge in [0.1, 0.15) is 5.82 Å². The van der Waals surface area contributed by atoms with Crippen LogP contribution < -0.4 is 0 Å². The molecule has 0 unspecified atom stereocenters. The van der Waals surface area contributed by atoms with Crippen molar-refractivity contribution in [2.45, 2.75) is 55.4 Å². The summed E-state index contributed by atoms with van der Waals surface area (Å²) in [5, 5.41) is 21.5. The predicted octanol–water partition coefficient (Wildman–Crippen LogP) is 22.6. The molecule has 17 heteroatoms. The van der Waals surface area contributed by atoms with Crippen molar-refractivity contribution < 1.29 is 100 Å². The van der Waals surface area contributed by atoms with Gasteiger partial charge in [-0.1, -0.05) is 198 Å². The van der Waals surface area contributed by atoms with E-state index in [-0.39, 0.29) is 104 Å². The van der Waals surface area contributed by atoms with Gasteiger partial charge in [-0.05, 0) is 107 Å². The molecule has 0 saturated heterocycles. The van der Waals surface area contributed by atoms with Gasteiger partial charge in [0.05, 0.1) is 17.2 Å². The summed E-state index contributed by atoms with van der Waals surface area (Å²) in [5.74, 6) is 1.80.